The summed E-state index contributed by atoms with van der Waals surface area (Å²) in [4.78, 5) is 16.2. The fourth-order valence-corrected chi connectivity index (χ4v) is 3.25. The van der Waals surface area contributed by atoms with Crippen molar-refractivity contribution >= 4 is 34.7 Å². The molecule has 0 bridgehead atoms. The molecule has 0 saturated heterocycles. The zero-order chi connectivity index (χ0) is 19.0. The number of aromatic nitrogens is 7. The average Bonchev–Trinajstić information content (AvgIpc) is 3.23. The van der Waals surface area contributed by atoms with Crippen molar-refractivity contribution in [2.45, 2.75) is 25.4 Å². The molecule has 0 atom stereocenters. The minimum absolute atomic E-state index is 0.00267. The van der Waals surface area contributed by atoms with Crippen LogP contribution in [0.1, 0.15) is 18.2 Å². The first-order valence-corrected chi connectivity index (χ1v) is 9.37. The molecule has 3 aromatic heterocycles. The van der Waals surface area contributed by atoms with E-state index < -0.39 is 5.97 Å². The van der Waals surface area contributed by atoms with Gasteiger partial charge in [-0.1, -0.05) is 36.4 Å². The summed E-state index contributed by atoms with van der Waals surface area (Å²) >= 11 is 1.52. The van der Waals surface area contributed by atoms with Gasteiger partial charge in [0.05, 0.1) is 19.2 Å². The highest BCUT2D eigenvalue weighted by Crippen LogP contribution is 2.23. The van der Waals surface area contributed by atoms with Crippen molar-refractivity contribution in [3.05, 3.63) is 35.5 Å². The van der Waals surface area contributed by atoms with E-state index in [4.69, 9.17) is 4.74 Å². The number of methoxy groups -OCH3 is 1. The van der Waals surface area contributed by atoms with Gasteiger partial charge in [-0.2, -0.15) is 14.6 Å². The topological polar surface area (TPSA) is 100 Å². The van der Waals surface area contributed by atoms with Crippen molar-refractivity contribution in [1.82, 2.24) is 34.6 Å². The molecule has 1 aromatic carbocycles. The Kier molecular flexibility index (Phi) is 4.48. The molecule has 0 aliphatic heterocycles. The van der Waals surface area contributed by atoms with E-state index in [1.165, 1.54) is 18.9 Å². The lowest BCUT2D eigenvalue weighted by Gasteiger charge is -2.04. The molecule has 0 aliphatic carbocycles. The van der Waals surface area contributed by atoms with Crippen LogP contribution in [0.2, 0.25) is 0 Å². The van der Waals surface area contributed by atoms with Crippen molar-refractivity contribution in [3.63, 3.8) is 0 Å². The summed E-state index contributed by atoms with van der Waals surface area (Å²) in [6, 6.07) is 7.89. The van der Waals surface area contributed by atoms with Gasteiger partial charge in [-0.05, 0) is 24.8 Å². The number of hydrogen-bond donors (Lipinski definition) is 0. The quantitative estimate of drug-likeness (QED) is 0.381. The summed E-state index contributed by atoms with van der Waals surface area (Å²) in [5.74, 6) is 0.836. The van der Waals surface area contributed by atoms with Gasteiger partial charge in [0, 0.05) is 0 Å². The lowest BCUT2D eigenvalue weighted by molar-refractivity contribution is -0.139. The Bertz CT molecular complexity index is 1130. The van der Waals surface area contributed by atoms with Crippen LogP contribution < -0.4 is 0 Å². The summed E-state index contributed by atoms with van der Waals surface area (Å²) in [6.45, 7) is 4.05. The molecular formula is C17H17N7O2S. The van der Waals surface area contributed by atoms with E-state index in [9.17, 15) is 4.79 Å². The van der Waals surface area contributed by atoms with Crippen LogP contribution in [-0.4, -0.2) is 53.4 Å². The van der Waals surface area contributed by atoms with Gasteiger partial charge in [-0.25, -0.2) is 4.68 Å². The number of nitrogens with zero attached hydrogens (tertiary/aromatic N) is 7. The number of thioether (sulfide) groups is 1. The molecule has 4 aromatic rings. The van der Waals surface area contributed by atoms with Crippen LogP contribution in [0.15, 0.2) is 29.4 Å². The zero-order valence-electron chi connectivity index (χ0n) is 15.1. The van der Waals surface area contributed by atoms with E-state index in [0.717, 1.165) is 17.0 Å². The summed E-state index contributed by atoms with van der Waals surface area (Å²) in [7, 11) is 1.34. The van der Waals surface area contributed by atoms with E-state index in [1.807, 2.05) is 38.1 Å². The first-order valence-electron chi connectivity index (χ1n) is 8.38. The van der Waals surface area contributed by atoms with Gasteiger partial charge in [0.15, 0.2) is 11.2 Å². The summed E-state index contributed by atoms with van der Waals surface area (Å²) in [6.07, 6.45) is -0.00267. The molecule has 0 spiro atoms. The minimum atomic E-state index is -0.395. The molecule has 0 fully saturated rings. The van der Waals surface area contributed by atoms with Crippen molar-refractivity contribution in [1.29, 1.82) is 0 Å². The highest BCUT2D eigenvalue weighted by molar-refractivity contribution is 7.99. The molecule has 0 amide bonds. The predicted octanol–water partition coefficient (Wildman–Crippen LogP) is 1.99. The highest BCUT2D eigenvalue weighted by atomic mass is 32.2. The predicted molar refractivity (Wildman–Crippen MR) is 100 cm³/mol. The summed E-state index contributed by atoms with van der Waals surface area (Å²) in [5, 5.41) is 18.2. The van der Waals surface area contributed by atoms with Crippen LogP contribution in [0.4, 0.5) is 0 Å². The van der Waals surface area contributed by atoms with E-state index in [2.05, 4.69) is 25.4 Å². The van der Waals surface area contributed by atoms with E-state index in [1.54, 1.807) is 9.20 Å². The average molecular weight is 383 g/mol. The van der Waals surface area contributed by atoms with Gasteiger partial charge in [0.2, 0.25) is 5.16 Å². The summed E-state index contributed by atoms with van der Waals surface area (Å²) in [5.41, 5.74) is 3.55. The number of esters is 1. The largest absolute Gasteiger partial charge is 0.469 e. The SMILES string of the molecule is CCSc1nc2nnc3c(CC(=O)OC)nn(-c4ccc(C)cc4)c3n2n1. The Morgan fingerprint density at radius 2 is 1.96 bits per heavy atom. The second kappa shape index (κ2) is 6.95. The van der Waals surface area contributed by atoms with Crippen LogP contribution in [-0.2, 0) is 16.0 Å². The van der Waals surface area contributed by atoms with Gasteiger partial charge in [0.1, 0.15) is 5.69 Å². The molecule has 0 radical (unpaired) electrons. The number of benzene rings is 1. The second-order valence-corrected chi connectivity index (χ2v) is 7.09. The Morgan fingerprint density at radius 1 is 1.19 bits per heavy atom. The molecule has 9 nitrogen and oxygen atoms in total. The third-order valence-corrected chi connectivity index (χ3v) is 4.73. The molecule has 0 saturated carbocycles. The van der Waals surface area contributed by atoms with Gasteiger partial charge in [-0.15, -0.1) is 15.3 Å². The maximum Gasteiger partial charge on any atom is 0.311 e. The van der Waals surface area contributed by atoms with Gasteiger partial charge < -0.3 is 4.74 Å². The monoisotopic (exact) mass is 383 g/mol. The number of hydrogen-bond acceptors (Lipinski definition) is 8. The van der Waals surface area contributed by atoms with Crippen LogP contribution in [0.5, 0.6) is 0 Å². The second-order valence-electron chi connectivity index (χ2n) is 5.86. The van der Waals surface area contributed by atoms with Crippen LogP contribution in [0.25, 0.3) is 22.6 Å². The third-order valence-electron chi connectivity index (χ3n) is 4.01. The standard InChI is InChI=1S/C17H17N7O2S/c1-4-27-17-18-16-20-19-14-12(9-13(25)26-3)21-23(15(14)24(16)22-17)11-7-5-10(2)6-8-11/h5-8H,4,9H2,1-3H3. The van der Waals surface area contributed by atoms with Crippen molar-refractivity contribution in [2.75, 3.05) is 12.9 Å². The number of ether oxygens (including phenoxy) is 1. The van der Waals surface area contributed by atoms with Crippen molar-refractivity contribution < 1.29 is 9.53 Å². The smallest absolute Gasteiger partial charge is 0.311 e. The molecule has 0 aliphatic rings. The fraction of sp³-hybridized carbons (Fsp3) is 0.294. The first kappa shape index (κ1) is 17.4. The van der Waals surface area contributed by atoms with E-state index in [-0.39, 0.29) is 6.42 Å². The number of carbonyl (C=O) groups is 1. The number of carbonyl (C=O) groups excluding carboxylic acids is 1. The fourth-order valence-electron chi connectivity index (χ4n) is 2.71. The molecule has 0 unspecified atom stereocenters. The summed E-state index contributed by atoms with van der Waals surface area (Å²) < 4.78 is 8.11. The van der Waals surface area contributed by atoms with Gasteiger partial charge >= 0.3 is 5.97 Å². The molecular weight excluding hydrogens is 366 g/mol. The maximum atomic E-state index is 11.8. The molecule has 138 valence electrons. The van der Waals surface area contributed by atoms with E-state index in [0.29, 0.717) is 27.8 Å². The van der Waals surface area contributed by atoms with Crippen LogP contribution in [0.3, 0.4) is 0 Å². The lowest BCUT2D eigenvalue weighted by atomic mass is 10.2. The maximum absolute atomic E-state index is 11.8. The molecule has 4 rings (SSSR count). The highest BCUT2D eigenvalue weighted by Gasteiger charge is 2.21. The third kappa shape index (κ3) is 3.12. The number of aryl methyl sites for hydroxylation is 1. The van der Waals surface area contributed by atoms with Crippen molar-refractivity contribution in [2.24, 2.45) is 0 Å². The Morgan fingerprint density at radius 3 is 2.67 bits per heavy atom. The van der Waals surface area contributed by atoms with Gasteiger partial charge in [0.25, 0.3) is 5.78 Å². The lowest BCUT2D eigenvalue weighted by Crippen LogP contribution is -2.06. The van der Waals surface area contributed by atoms with Gasteiger partial charge in [-0.3, -0.25) is 4.79 Å². The van der Waals surface area contributed by atoms with Crippen LogP contribution >= 0.6 is 11.8 Å². The normalized spacial score (nSPS) is 11.4. The van der Waals surface area contributed by atoms with Crippen LogP contribution in [0, 0.1) is 6.92 Å². The first-order chi connectivity index (χ1) is 13.1. The van der Waals surface area contributed by atoms with Crippen molar-refractivity contribution in [3.8, 4) is 5.69 Å². The molecule has 0 N–H and O–H groups in total. The number of fused-ring (bicyclic) bond motifs is 3. The number of rotatable bonds is 5. The molecule has 3 heterocycles. The molecule has 27 heavy (non-hydrogen) atoms. The van der Waals surface area contributed by atoms with E-state index >= 15 is 0 Å². The molecule has 10 heteroatoms. The Hall–Kier alpha value is -3.01. The minimum Gasteiger partial charge on any atom is -0.469 e. The zero-order valence-corrected chi connectivity index (χ0v) is 15.9. The Balaban J connectivity index is 1.99. The Labute approximate surface area is 158 Å².